The van der Waals surface area contributed by atoms with E-state index in [4.69, 9.17) is 9.47 Å². The van der Waals surface area contributed by atoms with Crippen LogP contribution in [-0.2, 0) is 0 Å². The highest BCUT2D eigenvalue weighted by molar-refractivity contribution is 5.94. The van der Waals surface area contributed by atoms with Crippen LogP contribution in [0, 0.1) is 0 Å². The molecule has 0 radical (unpaired) electrons. The van der Waals surface area contributed by atoms with Gasteiger partial charge in [-0.15, -0.1) is 0 Å². The highest BCUT2D eigenvalue weighted by atomic mass is 16.5. The van der Waals surface area contributed by atoms with E-state index in [9.17, 15) is 4.79 Å². The van der Waals surface area contributed by atoms with Gasteiger partial charge in [0.1, 0.15) is 12.1 Å². The van der Waals surface area contributed by atoms with Gasteiger partial charge in [-0.2, -0.15) is 0 Å². The number of hydrogen-bond acceptors (Lipinski definition) is 5. The predicted molar refractivity (Wildman–Crippen MR) is 106 cm³/mol. The highest BCUT2D eigenvalue weighted by Gasteiger charge is 2.15. The van der Waals surface area contributed by atoms with Crippen molar-refractivity contribution >= 4 is 5.91 Å². The van der Waals surface area contributed by atoms with Crippen LogP contribution in [0.4, 0.5) is 0 Å². The van der Waals surface area contributed by atoms with Crippen molar-refractivity contribution in [2.45, 2.75) is 26.8 Å². The monoisotopic (exact) mass is 380 g/mol. The first kappa shape index (κ1) is 19.4. The zero-order valence-corrected chi connectivity index (χ0v) is 16.3. The second-order valence-electron chi connectivity index (χ2n) is 6.14. The number of ether oxygens (including phenoxy) is 2. The molecule has 28 heavy (non-hydrogen) atoms. The van der Waals surface area contributed by atoms with Crippen molar-refractivity contribution in [1.82, 2.24) is 19.9 Å². The SMILES string of the molecule is CCOc1ccc(C(C)NC(=O)c2ccc(-n3ccnc3)nc2)cc1OCC. The lowest BCUT2D eigenvalue weighted by Gasteiger charge is -2.17. The Labute approximate surface area is 164 Å². The summed E-state index contributed by atoms with van der Waals surface area (Å²) in [7, 11) is 0. The second-order valence-corrected chi connectivity index (χ2v) is 6.14. The molecule has 0 spiro atoms. The minimum absolute atomic E-state index is 0.191. The Balaban J connectivity index is 1.70. The Morgan fingerprint density at radius 2 is 1.93 bits per heavy atom. The quantitative estimate of drug-likeness (QED) is 0.646. The lowest BCUT2D eigenvalue weighted by atomic mass is 10.1. The highest BCUT2D eigenvalue weighted by Crippen LogP contribution is 2.30. The molecule has 7 nitrogen and oxygen atoms in total. The Kier molecular flexibility index (Phi) is 6.26. The molecule has 1 N–H and O–H groups in total. The Hall–Kier alpha value is -3.35. The van der Waals surface area contributed by atoms with E-state index in [1.54, 1.807) is 41.6 Å². The Morgan fingerprint density at radius 1 is 1.14 bits per heavy atom. The van der Waals surface area contributed by atoms with Gasteiger partial charge in [0.25, 0.3) is 5.91 Å². The van der Waals surface area contributed by atoms with Gasteiger partial charge >= 0.3 is 0 Å². The molecule has 3 aromatic rings. The van der Waals surface area contributed by atoms with Crippen LogP contribution in [-0.4, -0.2) is 33.7 Å². The van der Waals surface area contributed by atoms with Crippen molar-refractivity contribution in [3.63, 3.8) is 0 Å². The van der Waals surface area contributed by atoms with Crippen molar-refractivity contribution in [3.05, 3.63) is 66.4 Å². The van der Waals surface area contributed by atoms with Crippen LogP contribution < -0.4 is 14.8 Å². The molecular formula is C21H24N4O3. The van der Waals surface area contributed by atoms with Crippen LogP contribution >= 0.6 is 0 Å². The Bertz CT molecular complexity index is 908. The number of benzene rings is 1. The van der Waals surface area contributed by atoms with Crippen LogP contribution in [0.15, 0.2) is 55.2 Å². The van der Waals surface area contributed by atoms with Gasteiger partial charge in [0.15, 0.2) is 11.5 Å². The molecular weight excluding hydrogens is 356 g/mol. The van der Waals surface area contributed by atoms with Crippen molar-refractivity contribution in [3.8, 4) is 17.3 Å². The summed E-state index contributed by atoms with van der Waals surface area (Å²) in [4.78, 5) is 20.9. The van der Waals surface area contributed by atoms with E-state index in [2.05, 4.69) is 15.3 Å². The first-order valence-corrected chi connectivity index (χ1v) is 9.27. The van der Waals surface area contributed by atoms with Gasteiger partial charge in [0, 0.05) is 18.6 Å². The maximum Gasteiger partial charge on any atom is 0.253 e. The van der Waals surface area contributed by atoms with E-state index in [1.165, 1.54) is 0 Å². The summed E-state index contributed by atoms with van der Waals surface area (Å²) in [5.74, 6) is 1.89. The summed E-state index contributed by atoms with van der Waals surface area (Å²) in [5, 5.41) is 2.99. The standard InChI is InChI=1S/C21H24N4O3/c1-4-27-18-8-6-16(12-19(18)28-5-2)15(3)24-21(26)17-7-9-20(23-13-17)25-11-10-22-14-25/h6-15H,4-5H2,1-3H3,(H,24,26). The molecule has 146 valence electrons. The zero-order valence-electron chi connectivity index (χ0n) is 16.3. The molecule has 0 aliphatic heterocycles. The summed E-state index contributed by atoms with van der Waals surface area (Å²) in [6, 6.07) is 9.03. The average Bonchev–Trinajstić information content (AvgIpc) is 3.24. The second kappa shape index (κ2) is 9.03. The molecule has 7 heteroatoms. The molecule has 1 aromatic carbocycles. The van der Waals surface area contributed by atoms with Gasteiger partial charge in [0.2, 0.25) is 0 Å². The average molecular weight is 380 g/mol. The number of nitrogens with one attached hydrogen (secondary N) is 1. The summed E-state index contributed by atoms with van der Waals surface area (Å²) in [6.07, 6.45) is 6.69. The van der Waals surface area contributed by atoms with Crippen LogP contribution in [0.2, 0.25) is 0 Å². The van der Waals surface area contributed by atoms with Gasteiger partial charge in [-0.25, -0.2) is 9.97 Å². The molecule has 2 heterocycles. The smallest absolute Gasteiger partial charge is 0.253 e. The topological polar surface area (TPSA) is 78.3 Å². The van der Waals surface area contributed by atoms with E-state index < -0.39 is 0 Å². The lowest BCUT2D eigenvalue weighted by Crippen LogP contribution is -2.26. The van der Waals surface area contributed by atoms with Gasteiger partial charge in [0.05, 0.1) is 24.8 Å². The van der Waals surface area contributed by atoms with E-state index in [1.807, 2.05) is 39.0 Å². The number of imidazole rings is 1. The number of nitrogens with zero attached hydrogens (tertiary/aromatic N) is 3. The number of amides is 1. The maximum atomic E-state index is 12.6. The normalized spacial score (nSPS) is 11.7. The minimum atomic E-state index is -0.198. The fourth-order valence-electron chi connectivity index (χ4n) is 2.77. The van der Waals surface area contributed by atoms with E-state index in [0.717, 1.165) is 5.56 Å². The van der Waals surface area contributed by atoms with E-state index in [0.29, 0.717) is 36.1 Å². The predicted octanol–water partition coefficient (Wildman–Crippen LogP) is 3.56. The van der Waals surface area contributed by atoms with Crippen LogP contribution in [0.5, 0.6) is 11.5 Å². The zero-order chi connectivity index (χ0) is 19.9. The number of aromatic nitrogens is 3. The van der Waals surface area contributed by atoms with Gasteiger partial charge in [-0.3, -0.25) is 9.36 Å². The van der Waals surface area contributed by atoms with Crippen LogP contribution in [0.1, 0.15) is 42.7 Å². The fourth-order valence-corrected chi connectivity index (χ4v) is 2.77. The van der Waals surface area contributed by atoms with Gasteiger partial charge in [-0.1, -0.05) is 6.07 Å². The third-order valence-corrected chi connectivity index (χ3v) is 4.19. The minimum Gasteiger partial charge on any atom is -0.490 e. The molecule has 0 aliphatic carbocycles. The largest absolute Gasteiger partial charge is 0.490 e. The van der Waals surface area contributed by atoms with Crippen molar-refractivity contribution in [2.24, 2.45) is 0 Å². The fraction of sp³-hybridized carbons (Fsp3) is 0.286. The number of pyridine rings is 1. The number of carbonyl (C=O) groups excluding carboxylic acids is 1. The third kappa shape index (κ3) is 4.49. The third-order valence-electron chi connectivity index (χ3n) is 4.19. The summed E-state index contributed by atoms with van der Waals surface area (Å²) in [6.45, 7) is 6.89. The van der Waals surface area contributed by atoms with E-state index in [-0.39, 0.29) is 11.9 Å². The molecule has 3 rings (SSSR count). The van der Waals surface area contributed by atoms with Gasteiger partial charge < -0.3 is 14.8 Å². The summed E-state index contributed by atoms with van der Waals surface area (Å²) < 4.78 is 13.0. The van der Waals surface area contributed by atoms with Crippen molar-refractivity contribution in [1.29, 1.82) is 0 Å². The molecule has 1 amide bonds. The van der Waals surface area contributed by atoms with Crippen LogP contribution in [0.3, 0.4) is 0 Å². The lowest BCUT2D eigenvalue weighted by molar-refractivity contribution is 0.0939. The van der Waals surface area contributed by atoms with E-state index >= 15 is 0 Å². The first-order chi connectivity index (χ1) is 13.6. The Morgan fingerprint density at radius 3 is 2.57 bits per heavy atom. The van der Waals surface area contributed by atoms with Crippen LogP contribution in [0.25, 0.3) is 5.82 Å². The number of hydrogen-bond donors (Lipinski definition) is 1. The molecule has 1 atom stereocenters. The van der Waals surface area contributed by atoms with Crippen molar-refractivity contribution < 1.29 is 14.3 Å². The molecule has 0 saturated carbocycles. The molecule has 2 aromatic heterocycles. The molecule has 0 bridgehead atoms. The molecule has 0 saturated heterocycles. The number of carbonyl (C=O) groups is 1. The molecule has 1 unspecified atom stereocenters. The summed E-state index contributed by atoms with van der Waals surface area (Å²) >= 11 is 0. The summed E-state index contributed by atoms with van der Waals surface area (Å²) in [5.41, 5.74) is 1.43. The maximum absolute atomic E-state index is 12.6. The molecule has 0 fully saturated rings. The number of rotatable bonds is 8. The van der Waals surface area contributed by atoms with Gasteiger partial charge in [-0.05, 0) is 50.6 Å². The first-order valence-electron chi connectivity index (χ1n) is 9.27. The van der Waals surface area contributed by atoms with Crippen molar-refractivity contribution in [2.75, 3.05) is 13.2 Å². The molecule has 0 aliphatic rings.